The fraction of sp³-hybridized carbons (Fsp3) is 0.375. The Kier molecular flexibility index (Phi) is 3.54. The first kappa shape index (κ1) is 12.9. The predicted octanol–water partition coefficient (Wildman–Crippen LogP) is 3.10. The van der Waals surface area contributed by atoms with Gasteiger partial charge in [-0.1, -0.05) is 24.3 Å². The topological polar surface area (TPSA) is 57.8 Å². The summed E-state index contributed by atoms with van der Waals surface area (Å²) in [7, 11) is 0. The van der Waals surface area contributed by atoms with Gasteiger partial charge in [0.2, 0.25) is 5.91 Å². The van der Waals surface area contributed by atoms with E-state index in [2.05, 4.69) is 27.4 Å². The zero-order valence-electron chi connectivity index (χ0n) is 11.6. The van der Waals surface area contributed by atoms with E-state index in [9.17, 15) is 4.79 Å². The molecule has 0 unspecified atom stereocenters. The smallest absolute Gasteiger partial charge is 0.221 e. The molecule has 0 saturated carbocycles. The van der Waals surface area contributed by atoms with Gasteiger partial charge in [-0.05, 0) is 37.8 Å². The van der Waals surface area contributed by atoms with E-state index in [1.54, 1.807) is 0 Å². The Balaban J connectivity index is 1.64. The molecule has 2 N–H and O–H groups in total. The van der Waals surface area contributed by atoms with Gasteiger partial charge in [-0.2, -0.15) is 0 Å². The maximum absolute atomic E-state index is 12.0. The molecule has 0 radical (unpaired) electrons. The van der Waals surface area contributed by atoms with Crippen molar-refractivity contribution in [1.29, 1.82) is 0 Å². The van der Waals surface area contributed by atoms with E-state index in [1.807, 2.05) is 31.2 Å². The van der Waals surface area contributed by atoms with Gasteiger partial charge < -0.3 is 10.3 Å². The van der Waals surface area contributed by atoms with Crippen molar-refractivity contribution >= 4 is 16.9 Å². The third-order valence-corrected chi connectivity index (χ3v) is 3.76. The summed E-state index contributed by atoms with van der Waals surface area (Å²) in [5.74, 6) is 1.30. The van der Waals surface area contributed by atoms with Crippen molar-refractivity contribution < 1.29 is 4.79 Å². The number of hydrogen-bond acceptors (Lipinski definition) is 2. The monoisotopic (exact) mass is 269 g/mol. The standard InChI is InChI=1S/C16H19N3O/c1-11(17-15(20)10-12-6-2-3-7-12)16-18-13-8-4-5-9-14(13)19-16/h2,4-6,8-9,11-12H,3,7,10H2,1H3,(H,17,20)(H,18,19)/t11-,12-/m1/s1. The van der Waals surface area contributed by atoms with Crippen LogP contribution in [0.2, 0.25) is 0 Å². The average molecular weight is 269 g/mol. The molecule has 4 nitrogen and oxygen atoms in total. The van der Waals surface area contributed by atoms with Gasteiger partial charge in [0.1, 0.15) is 5.82 Å². The third-order valence-electron chi connectivity index (χ3n) is 3.76. The Morgan fingerprint density at radius 3 is 3.10 bits per heavy atom. The molecule has 1 aliphatic rings. The van der Waals surface area contributed by atoms with Gasteiger partial charge in [-0.3, -0.25) is 4.79 Å². The van der Waals surface area contributed by atoms with Crippen molar-refractivity contribution in [1.82, 2.24) is 15.3 Å². The van der Waals surface area contributed by atoms with E-state index in [0.717, 1.165) is 29.7 Å². The molecule has 2 aromatic rings. The number of aromatic amines is 1. The van der Waals surface area contributed by atoms with Crippen LogP contribution in [0.4, 0.5) is 0 Å². The molecule has 0 bridgehead atoms. The number of fused-ring (bicyclic) bond motifs is 1. The van der Waals surface area contributed by atoms with E-state index in [-0.39, 0.29) is 11.9 Å². The number of nitrogens with zero attached hydrogens (tertiary/aromatic N) is 1. The molecule has 2 atom stereocenters. The van der Waals surface area contributed by atoms with Crippen molar-refractivity contribution in [3.05, 3.63) is 42.2 Å². The lowest BCUT2D eigenvalue weighted by atomic mass is 10.0. The SMILES string of the molecule is C[C@@H](NC(=O)C[C@@H]1C=CCC1)c1nc2ccccc2[nH]1. The Morgan fingerprint density at radius 1 is 1.50 bits per heavy atom. The van der Waals surface area contributed by atoms with Crippen LogP contribution in [0.3, 0.4) is 0 Å². The van der Waals surface area contributed by atoms with Gasteiger partial charge in [0, 0.05) is 6.42 Å². The van der Waals surface area contributed by atoms with Gasteiger partial charge >= 0.3 is 0 Å². The number of para-hydroxylation sites is 2. The molecule has 1 heterocycles. The summed E-state index contributed by atoms with van der Waals surface area (Å²) in [4.78, 5) is 19.8. The van der Waals surface area contributed by atoms with Gasteiger partial charge in [-0.25, -0.2) is 4.98 Å². The molecule has 0 aliphatic heterocycles. The van der Waals surface area contributed by atoms with Crippen LogP contribution in [0.25, 0.3) is 11.0 Å². The van der Waals surface area contributed by atoms with E-state index >= 15 is 0 Å². The van der Waals surface area contributed by atoms with Crippen LogP contribution >= 0.6 is 0 Å². The maximum Gasteiger partial charge on any atom is 0.221 e. The number of amides is 1. The number of allylic oxidation sites excluding steroid dienone is 2. The molecule has 4 heteroatoms. The normalized spacial score (nSPS) is 19.4. The highest BCUT2D eigenvalue weighted by Crippen LogP contribution is 2.21. The van der Waals surface area contributed by atoms with Gasteiger partial charge in [0.15, 0.2) is 0 Å². The lowest BCUT2D eigenvalue weighted by Crippen LogP contribution is -2.28. The van der Waals surface area contributed by atoms with Crippen LogP contribution < -0.4 is 5.32 Å². The zero-order valence-corrected chi connectivity index (χ0v) is 11.6. The van der Waals surface area contributed by atoms with Crippen molar-refractivity contribution in [2.24, 2.45) is 5.92 Å². The minimum Gasteiger partial charge on any atom is -0.346 e. The van der Waals surface area contributed by atoms with E-state index < -0.39 is 0 Å². The molecule has 104 valence electrons. The molecular weight excluding hydrogens is 250 g/mol. The molecular formula is C16H19N3O. The number of carbonyl (C=O) groups is 1. The molecule has 1 aliphatic carbocycles. The first-order valence-corrected chi connectivity index (χ1v) is 7.13. The Bertz CT molecular complexity index is 611. The summed E-state index contributed by atoms with van der Waals surface area (Å²) in [6.45, 7) is 1.96. The van der Waals surface area contributed by atoms with E-state index in [1.165, 1.54) is 0 Å². The minimum atomic E-state index is -0.0970. The Hall–Kier alpha value is -2.10. The predicted molar refractivity (Wildman–Crippen MR) is 79.1 cm³/mol. The first-order chi connectivity index (χ1) is 9.72. The fourth-order valence-electron chi connectivity index (χ4n) is 2.65. The molecule has 1 aromatic heterocycles. The number of H-pyrrole nitrogens is 1. The summed E-state index contributed by atoms with van der Waals surface area (Å²) in [6, 6.07) is 7.79. The molecule has 0 fully saturated rings. The van der Waals surface area contributed by atoms with E-state index in [4.69, 9.17) is 0 Å². The first-order valence-electron chi connectivity index (χ1n) is 7.13. The minimum absolute atomic E-state index is 0.0921. The summed E-state index contributed by atoms with van der Waals surface area (Å²) in [5.41, 5.74) is 1.93. The van der Waals surface area contributed by atoms with Crippen molar-refractivity contribution in [3.63, 3.8) is 0 Å². The molecule has 1 aromatic carbocycles. The summed E-state index contributed by atoms with van der Waals surface area (Å²) < 4.78 is 0. The molecule has 0 saturated heterocycles. The maximum atomic E-state index is 12.0. The number of hydrogen-bond donors (Lipinski definition) is 2. The highest BCUT2D eigenvalue weighted by Gasteiger charge is 2.17. The summed E-state index contributed by atoms with van der Waals surface area (Å²) in [5, 5.41) is 3.02. The zero-order chi connectivity index (χ0) is 13.9. The number of benzene rings is 1. The second-order valence-electron chi connectivity index (χ2n) is 5.40. The number of nitrogens with one attached hydrogen (secondary N) is 2. The van der Waals surface area contributed by atoms with Gasteiger partial charge in [-0.15, -0.1) is 0 Å². The number of rotatable bonds is 4. The Labute approximate surface area is 118 Å². The largest absolute Gasteiger partial charge is 0.346 e. The van der Waals surface area contributed by atoms with Crippen molar-refractivity contribution in [3.8, 4) is 0 Å². The van der Waals surface area contributed by atoms with Crippen molar-refractivity contribution in [2.75, 3.05) is 0 Å². The second kappa shape index (κ2) is 5.49. The molecule has 3 rings (SSSR count). The second-order valence-corrected chi connectivity index (χ2v) is 5.40. The van der Waals surface area contributed by atoms with Crippen LogP contribution in [-0.4, -0.2) is 15.9 Å². The van der Waals surface area contributed by atoms with Crippen molar-refractivity contribution in [2.45, 2.75) is 32.2 Å². The number of imidazole rings is 1. The molecule has 0 spiro atoms. The lowest BCUT2D eigenvalue weighted by Gasteiger charge is -2.13. The van der Waals surface area contributed by atoms with Crippen LogP contribution in [-0.2, 0) is 4.79 Å². The quantitative estimate of drug-likeness (QED) is 0.838. The fourth-order valence-corrected chi connectivity index (χ4v) is 2.65. The number of carbonyl (C=O) groups excluding carboxylic acids is 1. The van der Waals surface area contributed by atoms with Crippen LogP contribution in [0.5, 0.6) is 0 Å². The van der Waals surface area contributed by atoms with Crippen LogP contribution in [0.1, 0.15) is 38.1 Å². The third kappa shape index (κ3) is 2.74. The highest BCUT2D eigenvalue weighted by atomic mass is 16.1. The van der Waals surface area contributed by atoms with Crippen LogP contribution in [0, 0.1) is 5.92 Å². The van der Waals surface area contributed by atoms with Gasteiger partial charge in [0.05, 0.1) is 17.1 Å². The average Bonchev–Trinajstić information content (AvgIpc) is 3.06. The lowest BCUT2D eigenvalue weighted by molar-refractivity contribution is -0.122. The van der Waals surface area contributed by atoms with E-state index in [0.29, 0.717) is 12.3 Å². The highest BCUT2D eigenvalue weighted by molar-refractivity contribution is 5.77. The number of aromatic nitrogens is 2. The molecule has 20 heavy (non-hydrogen) atoms. The summed E-state index contributed by atoms with van der Waals surface area (Å²) in [6.07, 6.45) is 7.05. The molecule has 1 amide bonds. The summed E-state index contributed by atoms with van der Waals surface area (Å²) >= 11 is 0. The Morgan fingerprint density at radius 2 is 2.35 bits per heavy atom. The van der Waals surface area contributed by atoms with Gasteiger partial charge in [0.25, 0.3) is 0 Å². The van der Waals surface area contributed by atoms with Crippen LogP contribution in [0.15, 0.2) is 36.4 Å².